The molecule has 1 aliphatic carbocycles. The van der Waals surface area contributed by atoms with Crippen molar-refractivity contribution in [3.8, 4) is 0 Å². The van der Waals surface area contributed by atoms with Gasteiger partial charge in [-0.25, -0.2) is 0 Å². The van der Waals surface area contributed by atoms with Gasteiger partial charge in [-0.1, -0.05) is 13.3 Å². The van der Waals surface area contributed by atoms with Gasteiger partial charge in [-0.15, -0.1) is 0 Å². The molecule has 3 nitrogen and oxygen atoms in total. The Labute approximate surface area is 86.4 Å². The summed E-state index contributed by atoms with van der Waals surface area (Å²) in [6, 6.07) is -0.335. The van der Waals surface area contributed by atoms with Crippen molar-refractivity contribution < 1.29 is 4.79 Å². The maximum Gasteiger partial charge on any atom is 0.237 e. The van der Waals surface area contributed by atoms with E-state index in [-0.39, 0.29) is 17.5 Å². The molecule has 0 radical (unpaired) electrons. The number of nitrogens with two attached hydrogens (primary N) is 1. The topological polar surface area (TPSA) is 55.1 Å². The lowest BCUT2D eigenvalue weighted by Gasteiger charge is -2.27. The van der Waals surface area contributed by atoms with Crippen molar-refractivity contribution in [3.63, 3.8) is 0 Å². The summed E-state index contributed by atoms with van der Waals surface area (Å²) in [6.45, 7) is 6.21. The van der Waals surface area contributed by atoms with Gasteiger partial charge in [0.05, 0.1) is 6.04 Å². The summed E-state index contributed by atoms with van der Waals surface area (Å²) in [4.78, 5) is 11.6. The summed E-state index contributed by atoms with van der Waals surface area (Å²) in [5.74, 6) is 0.657. The number of carbonyl (C=O) groups is 1. The van der Waals surface area contributed by atoms with Gasteiger partial charge >= 0.3 is 0 Å². The van der Waals surface area contributed by atoms with Crippen LogP contribution in [0.25, 0.3) is 0 Å². The molecule has 1 rings (SSSR count). The van der Waals surface area contributed by atoms with Crippen molar-refractivity contribution in [1.82, 2.24) is 5.32 Å². The summed E-state index contributed by atoms with van der Waals surface area (Å²) < 4.78 is 0. The van der Waals surface area contributed by atoms with Gasteiger partial charge in [0.2, 0.25) is 5.91 Å². The van der Waals surface area contributed by atoms with Crippen LogP contribution >= 0.6 is 0 Å². The molecule has 82 valence electrons. The highest BCUT2D eigenvalue weighted by molar-refractivity contribution is 5.82. The van der Waals surface area contributed by atoms with Crippen LogP contribution in [0, 0.1) is 5.92 Å². The Morgan fingerprint density at radius 3 is 2.57 bits per heavy atom. The molecule has 0 aromatic rings. The fourth-order valence-electron chi connectivity index (χ4n) is 1.76. The van der Waals surface area contributed by atoms with Crippen molar-refractivity contribution in [1.29, 1.82) is 0 Å². The van der Waals surface area contributed by atoms with Crippen LogP contribution < -0.4 is 11.1 Å². The Balaban J connectivity index is 2.38. The minimum atomic E-state index is -0.335. The molecule has 0 aromatic carbocycles. The van der Waals surface area contributed by atoms with Crippen LogP contribution in [0.2, 0.25) is 0 Å². The van der Waals surface area contributed by atoms with Gasteiger partial charge in [-0.05, 0) is 39.0 Å². The highest BCUT2D eigenvalue weighted by atomic mass is 16.2. The second kappa shape index (κ2) is 4.30. The minimum absolute atomic E-state index is 0.00347. The van der Waals surface area contributed by atoms with Crippen molar-refractivity contribution in [2.75, 3.05) is 0 Å². The lowest BCUT2D eigenvalue weighted by atomic mass is 9.98. The average Bonchev–Trinajstić information content (AvgIpc) is 2.85. The van der Waals surface area contributed by atoms with E-state index in [4.69, 9.17) is 5.73 Å². The lowest BCUT2D eigenvalue weighted by Crippen LogP contribution is -2.51. The quantitative estimate of drug-likeness (QED) is 0.702. The number of hydrogen-bond donors (Lipinski definition) is 2. The van der Waals surface area contributed by atoms with E-state index in [1.54, 1.807) is 0 Å². The zero-order valence-corrected chi connectivity index (χ0v) is 9.47. The number of carbonyl (C=O) groups excluding carboxylic acids is 1. The largest absolute Gasteiger partial charge is 0.350 e. The first-order chi connectivity index (χ1) is 6.47. The summed E-state index contributed by atoms with van der Waals surface area (Å²) in [5.41, 5.74) is 5.68. The number of amides is 1. The summed E-state index contributed by atoms with van der Waals surface area (Å²) in [6.07, 6.45) is 4.19. The van der Waals surface area contributed by atoms with Crippen molar-refractivity contribution >= 4 is 5.91 Å². The van der Waals surface area contributed by atoms with Crippen LogP contribution in [0.1, 0.15) is 46.5 Å². The highest BCUT2D eigenvalue weighted by Gasteiger charge is 2.39. The van der Waals surface area contributed by atoms with E-state index in [2.05, 4.69) is 19.2 Å². The first-order valence-corrected chi connectivity index (χ1v) is 5.55. The van der Waals surface area contributed by atoms with Gasteiger partial charge in [0.15, 0.2) is 0 Å². The molecule has 0 heterocycles. The predicted molar refractivity (Wildman–Crippen MR) is 57.8 cm³/mol. The molecule has 0 aliphatic heterocycles. The molecule has 1 atom stereocenters. The number of hydrogen-bond acceptors (Lipinski definition) is 2. The van der Waals surface area contributed by atoms with E-state index < -0.39 is 0 Å². The van der Waals surface area contributed by atoms with E-state index in [9.17, 15) is 4.79 Å². The molecule has 14 heavy (non-hydrogen) atoms. The highest BCUT2D eigenvalue weighted by Crippen LogP contribution is 2.39. The molecule has 0 aromatic heterocycles. The van der Waals surface area contributed by atoms with Gasteiger partial charge in [0.25, 0.3) is 0 Å². The van der Waals surface area contributed by atoms with Gasteiger partial charge < -0.3 is 11.1 Å². The molecule has 0 bridgehead atoms. The molecule has 1 fully saturated rings. The third kappa shape index (κ3) is 2.98. The zero-order valence-electron chi connectivity index (χ0n) is 9.47. The molecular weight excluding hydrogens is 176 g/mol. The number of rotatable bonds is 5. The molecule has 3 N–H and O–H groups in total. The Morgan fingerprint density at radius 2 is 2.14 bits per heavy atom. The molecule has 1 aliphatic rings. The van der Waals surface area contributed by atoms with Crippen LogP contribution in [0.4, 0.5) is 0 Å². The van der Waals surface area contributed by atoms with Crippen molar-refractivity contribution in [3.05, 3.63) is 0 Å². The van der Waals surface area contributed by atoms with Crippen molar-refractivity contribution in [2.45, 2.75) is 58.0 Å². The molecule has 0 spiro atoms. The van der Waals surface area contributed by atoms with E-state index in [1.807, 2.05) is 6.92 Å². The first kappa shape index (κ1) is 11.5. The second-order valence-corrected chi connectivity index (χ2v) is 4.88. The maximum absolute atomic E-state index is 11.6. The lowest BCUT2D eigenvalue weighted by molar-refractivity contribution is -0.124. The van der Waals surface area contributed by atoms with Crippen molar-refractivity contribution in [2.24, 2.45) is 11.7 Å². The molecule has 0 saturated heterocycles. The van der Waals surface area contributed by atoms with Gasteiger partial charge in [0.1, 0.15) is 0 Å². The second-order valence-electron chi connectivity index (χ2n) is 4.88. The van der Waals surface area contributed by atoms with E-state index >= 15 is 0 Å². The average molecular weight is 198 g/mol. The normalized spacial score (nSPS) is 19.1. The van der Waals surface area contributed by atoms with Crippen LogP contribution in [-0.4, -0.2) is 17.5 Å². The standard InChI is InChI=1S/C11H22N2O/c1-4-5-9(12)10(14)13-11(2,3)8-6-7-8/h8-9H,4-7,12H2,1-3H3,(H,13,14). The Morgan fingerprint density at radius 1 is 1.57 bits per heavy atom. The third-order valence-electron chi connectivity index (χ3n) is 2.98. The smallest absolute Gasteiger partial charge is 0.237 e. The SMILES string of the molecule is CCCC(N)C(=O)NC(C)(C)C1CC1. The zero-order chi connectivity index (χ0) is 10.8. The van der Waals surface area contributed by atoms with Gasteiger partial charge in [0, 0.05) is 5.54 Å². The fourth-order valence-corrected chi connectivity index (χ4v) is 1.76. The molecule has 3 heteroatoms. The van der Waals surface area contributed by atoms with E-state index in [0.717, 1.165) is 12.8 Å². The minimum Gasteiger partial charge on any atom is -0.350 e. The summed E-state index contributed by atoms with van der Waals surface area (Å²) >= 11 is 0. The molecule has 1 unspecified atom stereocenters. The van der Waals surface area contributed by atoms with E-state index in [1.165, 1.54) is 12.8 Å². The maximum atomic E-state index is 11.6. The van der Waals surface area contributed by atoms with Crippen LogP contribution in [0.3, 0.4) is 0 Å². The Bertz CT molecular complexity index is 209. The summed E-state index contributed by atoms with van der Waals surface area (Å²) in [5, 5.41) is 3.04. The van der Waals surface area contributed by atoms with Crippen LogP contribution in [0.15, 0.2) is 0 Å². The number of nitrogens with one attached hydrogen (secondary N) is 1. The van der Waals surface area contributed by atoms with Gasteiger partial charge in [-0.3, -0.25) is 4.79 Å². The molecule has 1 amide bonds. The Hall–Kier alpha value is -0.570. The molecule has 1 saturated carbocycles. The van der Waals surface area contributed by atoms with E-state index in [0.29, 0.717) is 5.92 Å². The monoisotopic (exact) mass is 198 g/mol. The first-order valence-electron chi connectivity index (χ1n) is 5.55. The fraction of sp³-hybridized carbons (Fsp3) is 0.909. The molecular formula is C11H22N2O. The Kier molecular flexibility index (Phi) is 3.53. The van der Waals surface area contributed by atoms with Crippen LogP contribution in [-0.2, 0) is 4.79 Å². The van der Waals surface area contributed by atoms with Crippen LogP contribution in [0.5, 0.6) is 0 Å². The third-order valence-corrected chi connectivity index (χ3v) is 2.98. The summed E-state index contributed by atoms with van der Waals surface area (Å²) in [7, 11) is 0. The predicted octanol–water partition coefficient (Wildman–Crippen LogP) is 1.42. The van der Waals surface area contributed by atoms with Gasteiger partial charge in [-0.2, -0.15) is 0 Å².